The molecule has 0 unspecified atom stereocenters. The lowest BCUT2D eigenvalue weighted by atomic mass is 9.89. The molecule has 4 nitrogen and oxygen atoms in total. The van der Waals surface area contributed by atoms with Crippen LogP contribution in [0.25, 0.3) is 10.8 Å². The smallest absolute Gasteiger partial charge is 0.242 e. The Hall–Kier alpha value is -3.18. The first-order valence-corrected chi connectivity index (χ1v) is 12.3. The van der Waals surface area contributed by atoms with E-state index < -0.39 is 5.25 Å². The van der Waals surface area contributed by atoms with Crippen molar-refractivity contribution < 1.29 is 9.59 Å². The molecule has 33 heavy (non-hydrogen) atoms. The van der Waals surface area contributed by atoms with E-state index in [-0.39, 0.29) is 18.1 Å². The highest BCUT2D eigenvalue weighted by Crippen LogP contribution is 2.34. The van der Waals surface area contributed by atoms with E-state index in [1.807, 2.05) is 54.6 Å². The first-order valence-electron chi connectivity index (χ1n) is 11.4. The maximum atomic E-state index is 13.2. The molecule has 0 spiro atoms. The van der Waals surface area contributed by atoms with Crippen molar-refractivity contribution in [1.82, 2.24) is 4.90 Å². The van der Waals surface area contributed by atoms with Crippen LogP contribution < -0.4 is 0 Å². The van der Waals surface area contributed by atoms with E-state index in [1.165, 1.54) is 35.7 Å². The van der Waals surface area contributed by atoms with Crippen LogP contribution in [0.2, 0.25) is 0 Å². The zero-order valence-electron chi connectivity index (χ0n) is 18.5. The van der Waals surface area contributed by atoms with Gasteiger partial charge in [0.15, 0.2) is 11.0 Å². The highest BCUT2D eigenvalue weighted by atomic mass is 32.2. The van der Waals surface area contributed by atoms with Crippen LogP contribution in [0.1, 0.15) is 40.7 Å². The molecule has 3 aromatic rings. The number of amides is 1. The van der Waals surface area contributed by atoms with Gasteiger partial charge in [0.1, 0.15) is 0 Å². The van der Waals surface area contributed by atoms with Crippen LogP contribution in [0, 0.1) is 0 Å². The Balaban J connectivity index is 1.40. The third-order valence-electron chi connectivity index (χ3n) is 6.36. The Morgan fingerprint density at radius 1 is 1.06 bits per heavy atom. The maximum absolute atomic E-state index is 13.2. The second kappa shape index (κ2) is 9.36. The summed E-state index contributed by atoms with van der Waals surface area (Å²) in [6.07, 6.45) is 6.38. The van der Waals surface area contributed by atoms with Crippen molar-refractivity contribution in [3.05, 3.63) is 90.0 Å². The van der Waals surface area contributed by atoms with Crippen molar-refractivity contribution in [3.63, 3.8) is 0 Å². The average Bonchev–Trinajstić information content (AvgIpc) is 3.13. The van der Waals surface area contributed by atoms with Crippen molar-refractivity contribution in [1.29, 1.82) is 0 Å². The van der Waals surface area contributed by atoms with E-state index in [4.69, 9.17) is 4.99 Å². The van der Waals surface area contributed by atoms with Gasteiger partial charge in [-0.25, -0.2) is 4.99 Å². The summed E-state index contributed by atoms with van der Waals surface area (Å²) in [6, 6.07) is 20.1. The summed E-state index contributed by atoms with van der Waals surface area (Å²) in [5.41, 5.74) is 4.16. The number of rotatable bonds is 6. The van der Waals surface area contributed by atoms with Crippen LogP contribution in [0.15, 0.2) is 78.3 Å². The molecule has 1 fully saturated rings. The molecule has 1 saturated heterocycles. The molecule has 0 aromatic heterocycles. The molecular formula is C28H26N2O2S. The lowest BCUT2D eigenvalue weighted by Crippen LogP contribution is -2.32. The lowest BCUT2D eigenvalue weighted by molar-refractivity contribution is -0.125. The number of Topliss-reactive ketones (excluding diaryl/α,β-unsaturated/α-hetero) is 1. The number of carbonyl (C=O) groups is 2. The van der Waals surface area contributed by atoms with Crippen LogP contribution in [0.4, 0.5) is 5.69 Å². The van der Waals surface area contributed by atoms with Gasteiger partial charge in [-0.05, 0) is 54.3 Å². The summed E-state index contributed by atoms with van der Waals surface area (Å²) in [7, 11) is 0. The van der Waals surface area contributed by atoms with Gasteiger partial charge < -0.3 is 0 Å². The number of aliphatic imine (C=N–C) groups is 1. The standard InChI is InChI=1S/C28H26N2O2S/c1-2-16-30-27(32)26(18-25(31)22-15-14-19-8-3-4-10-21(19)17-22)33-28(30)29-24-13-7-11-20-9-5-6-12-23(20)24/h2,5-7,9,11-15,17,26H,1,3-4,8,10,16,18H2/t26-/m0/s1. The SMILES string of the molecule is C=CCN1C(=O)[C@H](CC(=O)c2ccc3c(c2)CCCC3)SC1=Nc1cccc2ccccc12. The molecule has 1 aliphatic heterocycles. The summed E-state index contributed by atoms with van der Waals surface area (Å²) in [5, 5.41) is 2.29. The number of fused-ring (bicyclic) bond motifs is 2. The number of aryl methyl sites for hydroxylation is 2. The zero-order chi connectivity index (χ0) is 22.8. The van der Waals surface area contributed by atoms with E-state index in [2.05, 4.69) is 12.6 Å². The highest BCUT2D eigenvalue weighted by Gasteiger charge is 2.38. The molecule has 1 heterocycles. The molecule has 1 aliphatic carbocycles. The quantitative estimate of drug-likeness (QED) is 0.334. The van der Waals surface area contributed by atoms with E-state index in [0.717, 1.165) is 29.3 Å². The number of carbonyl (C=O) groups excluding carboxylic acids is 2. The molecular weight excluding hydrogens is 428 g/mol. The molecule has 1 amide bonds. The van der Waals surface area contributed by atoms with Crippen LogP contribution in [-0.4, -0.2) is 33.6 Å². The fraction of sp³-hybridized carbons (Fsp3) is 0.250. The summed E-state index contributed by atoms with van der Waals surface area (Å²) in [4.78, 5) is 32.8. The number of nitrogens with zero attached hydrogens (tertiary/aromatic N) is 2. The topological polar surface area (TPSA) is 49.7 Å². The summed E-state index contributed by atoms with van der Waals surface area (Å²) in [6.45, 7) is 4.17. The van der Waals surface area contributed by atoms with Gasteiger partial charge in [0.05, 0.1) is 10.9 Å². The number of hydrogen-bond acceptors (Lipinski definition) is 4. The molecule has 0 N–H and O–H groups in total. The molecule has 3 aromatic carbocycles. The van der Waals surface area contributed by atoms with Crippen molar-refractivity contribution in [3.8, 4) is 0 Å². The van der Waals surface area contributed by atoms with E-state index in [9.17, 15) is 9.59 Å². The van der Waals surface area contributed by atoms with Gasteiger partial charge in [-0.3, -0.25) is 14.5 Å². The van der Waals surface area contributed by atoms with Crippen molar-refractivity contribution >= 4 is 45.1 Å². The third kappa shape index (κ3) is 4.38. The molecule has 0 bridgehead atoms. The molecule has 1 atom stereocenters. The second-order valence-electron chi connectivity index (χ2n) is 8.55. The number of amidine groups is 1. The number of benzene rings is 3. The largest absolute Gasteiger partial charge is 0.294 e. The first-order chi connectivity index (χ1) is 16.1. The van der Waals surface area contributed by atoms with Gasteiger partial charge in [-0.1, -0.05) is 66.4 Å². The van der Waals surface area contributed by atoms with E-state index >= 15 is 0 Å². The van der Waals surface area contributed by atoms with Gasteiger partial charge in [0, 0.05) is 23.9 Å². The maximum Gasteiger partial charge on any atom is 0.242 e. The molecule has 5 heteroatoms. The Morgan fingerprint density at radius 2 is 1.85 bits per heavy atom. The summed E-state index contributed by atoms with van der Waals surface area (Å²) >= 11 is 1.38. The normalized spacial score (nSPS) is 19.2. The molecule has 2 aliphatic rings. The van der Waals surface area contributed by atoms with Crippen LogP contribution in [-0.2, 0) is 17.6 Å². The minimum atomic E-state index is -0.470. The first kappa shape index (κ1) is 21.7. The van der Waals surface area contributed by atoms with Crippen LogP contribution in [0.5, 0.6) is 0 Å². The Morgan fingerprint density at radius 3 is 2.70 bits per heavy atom. The predicted molar refractivity (Wildman–Crippen MR) is 136 cm³/mol. The van der Waals surface area contributed by atoms with Gasteiger partial charge in [0.25, 0.3) is 0 Å². The number of ketones is 1. The van der Waals surface area contributed by atoms with Crippen LogP contribution in [0.3, 0.4) is 0 Å². The molecule has 5 rings (SSSR count). The fourth-order valence-corrected chi connectivity index (χ4v) is 5.78. The zero-order valence-corrected chi connectivity index (χ0v) is 19.3. The minimum Gasteiger partial charge on any atom is -0.294 e. The Bertz CT molecular complexity index is 1270. The van der Waals surface area contributed by atoms with Crippen molar-refractivity contribution in [2.45, 2.75) is 37.4 Å². The third-order valence-corrected chi connectivity index (χ3v) is 7.53. The number of thioether (sulfide) groups is 1. The monoisotopic (exact) mass is 454 g/mol. The van der Waals surface area contributed by atoms with E-state index in [1.54, 1.807) is 11.0 Å². The van der Waals surface area contributed by atoms with Gasteiger partial charge in [-0.15, -0.1) is 6.58 Å². The molecule has 0 radical (unpaired) electrons. The predicted octanol–water partition coefficient (Wildman–Crippen LogP) is 6.11. The highest BCUT2D eigenvalue weighted by molar-refractivity contribution is 8.15. The van der Waals surface area contributed by atoms with E-state index in [0.29, 0.717) is 17.3 Å². The van der Waals surface area contributed by atoms with Crippen molar-refractivity contribution in [2.24, 2.45) is 4.99 Å². The number of hydrogen-bond donors (Lipinski definition) is 0. The Kier molecular flexibility index (Phi) is 6.14. The van der Waals surface area contributed by atoms with Gasteiger partial charge >= 0.3 is 0 Å². The minimum absolute atomic E-state index is 0.0131. The van der Waals surface area contributed by atoms with Gasteiger partial charge in [0.2, 0.25) is 5.91 Å². The average molecular weight is 455 g/mol. The summed E-state index contributed by atoms with van der Waals surface area (Å²) < 4.78 is 0. The van der Waals surface area contributed by atoms with Gasteiger partial charge in [-0.2, -0.15) is 0 Å². The van der Waals surface area contributed by atoms with Crippen molar-refractivity contribution in [2.75, 3.05) is 6.54 Å². The lowest BCUT2D eigenvalue weighted by Gasteiger charge is -2.16. The molecule has 166 valence electrons. The fourth-order valence-electron chi connectivity index (χ4n) is 4.62. The second-order valence-corrected chi connectivity index (χ2v) is 9.72. The molecule has 0 saturated carbocycles. The summed E-state index contributed by atoms with van der Waals surface area (Å²) in [5.74, 6) is -0.0654. The van der Waals surface area contributed by atoms with Crippen LogP contribution >= 0.6 is 11.8 Å². The Labute approximate surface area is 198 Å².